The first-order chi connectivity index (χ1) is 5.59. The first-order valence-electron chi connectivity index (χ1n) is 3.98. The molecule has 1 heterocycles. The third-order valence-corrected chi connectivity index (χ3v) is 1.63. The average Bonchev–Trinajstić information content (AvgIpc) is 2.34. The Hall–Kier alpha value is -1.03. The maximum absolute atomic E-state index is 9.11. The number of rotatable bonds is 3. The van der Waals surface area contributed by atoms with Gasteiger partial charge in [0.2, 0.25) is 0 Å². The summed E-state index contributed by atoms with van der Waals surface area (Å²) in [5, 5.41) is 13.3. The molecule has 1 N–H and O–H groups in total. The number of nitrogens with zero attached hydrogens (tertiary/aromatic N) is 3. The van der Waals surface area contributed by atoms with Gasteiger partial charge in [-0.15, -0.1) is 0 Å². The van der Waals surface area contributed by atoms with Crippen molar-refractivity contribution in [2.75, 3.05) is 18.5 Å². The van der Waals surface area contributed by atoms with Gasteiger partial charge in [0.05, 0.1) is 6.10 Å². The van der Waals surface area contributed by atoms with Crippen LogP contribution in [0.4, 0.5) is 5.82 Å². The van der Waals surface area contributed by atoms with Gasteiger partial charge in [0.1, 0.15) is 5.82 Å². The molecule has 0 fully saturated rings. The quantitative estimate of drug-likeness (QED) is 0.704. The molecule has 4 nitrogen and oxygen atoms in total. The van der Waals surface area contributed by atoms with Gasteiger partial charge in [0, 0.05) is 32.9 Å². The molecule has 68 valence electrons. The molecule has 1 aromatic heterocycles. The van der Waals surface area contributed by atoms with E-state index in [-0.39, 0.29) is 6.10 Å². The number of hydrogen-bond donors (Lipinski definition) is 1. The molecule has 1 aromatic rings. The minimum atomic E-state index is -0.322. The van der Waals surface area contributed by atoms with Crippen molar-refractivity contribution in [3.8, 4) is 0 Å². The number of aliphatic hydroxyl groups is 1. The van der Waals surface area contributed by atoms with Gasteiger partial charge in [-0.1, -0.05) is 0 Å². The predicted molar refractivity (Wildman–Crippen MR) is 48.2 cm³/mol. The van der Waals surface area contributed by atoms with Gasteiger partial charge in [0.25, 0.3) is 0 Å². The third-order valence-electron chi connectivity index (χ3n) is 1.63. The lowest BCUT2D eigenvalue weighted by Crippen LogP contribution is -2.27. The van der Waals surface area contributed by atoms with Crippen LogP contribution >= 0.6 is 0 Å². The molecule has 0 bridgehead atoms. The van der Waals surface area contributed by atoms with Gasteiger partial charge < -0.3 is 10.0 Å². The van der Waals surface area contributed by atoms with Crippen LogP contribution < -0.4 is 4.90 Å². The fourth-order valence-electron chi connectivity index (χ4n) is 1.10. The number of anilines is 1. The highest BCUT2D eigenvalue weighted by Gasteiger charge is 2.05. The monoisotopic (exact) mass is 169 g/mol. The molecule has 0 spiro atoms. The topological polar surface area (TPSA) is 41.3 Å². The van der Waals surface area contributed by atoms with Gasteiger partial charge in [-0.25, -0.2) is 0 Å². The number of aliphatic hydroxyl groups excluding tert-OH is 1. The molecule has 0 aliphatic rings. The van der Waals surface area contributed by atoms with Crippen LogP contribution in [0.15, 0.2) is 12.3 Å². The van der Waals surface area contributed by atoms with Crippen LogP contribution in [0.2, 0.25) is 0 Å². The van der Waals surface area contributed by atoms with E-state index in [1.807, 2.05) is 31.3 Å². The zero-order valence-corrected chi connectivity index (χ0v) is 7.73. The molecule has 0 saturated heterocycles. The summed E-state index contributed by atoms with van der Waals surface area (Å²) in [6, 6.07) is 1.92. The Bertz CT molecular complexity index is 244. The lowest BCUT2D eigenvalue weighted by atomic mass is 10.4. The van der Waals surface area contributed by atoms with E-state index < -0.39 is 0 Å². The number of aromatic nitrogens is 2. The highest BCUT2D eigenvalue weighted by atomic mass is 16.3. The average molecular weight is 169 g/mol. The number of aryl methyl sites for hydroxylation is 1. The van der Waals surface area contributed by atoms with E-state index >= 15 is 0 Å². The van der Waals surface area contributed by atoms with Crippen molar-refractivity contribution in [3.05, 3.63) is 12.3 Å². The van der Waals surface area contributed by atoms with Gasteiger partial charge in [0.15, 0.2) is 0 Å². The Morgan fingerprint density at radius 3 is 2.83 bits per heavy atom. The molecule has 0 saturated carbocycles. The first-order valence-corrected chi connectivity index (χ1v) is 3.98. The van der Waals surface area contributed by atoms with Crippen molar-refractivity contribution in [1.29, 1.82) is 0 Å². The van der Waals surface area contributed by atoms with E-state index in [0.29, 0.717) is 6.54 Å². The lowest BCUT2D eigenvalue weighted by Gasteiger charge is -2.17. The smallest absolute Gasteiger partial charge is 0.150 e. The molecule has 1 rings (SSSR count). The van der Waals surface area contributed by atoms with E-state index in [4.69, 9.17) is 5.11 Å². The Kier molecular flexibility index (Phi) is 2.70. The minimum absolute atomic E-state index is 0.322. The lowest BCUT2D eigenvalue weighted by molar-refractivity contribution is 0.201. The zero-order chi connectivity index (χ0) is 9.14. The Balaban J connectivity index is 2.58. The summed E-state index contributed by atoms with van der Waals surface area (Å²) in [4.78, 5) is 1.92. The summed E-state index contributed by atoms with van der Waals surface area (Å²) < 4.78 is 1.74. The maximum atomic E-state index is 9.11. The SMILES string of the molecule is CC(O)CN(C)c1ccn(C)n1. The Morgan fingerprint density at radius 1 is 1.75 bits per heavy atom. The normalized spacial score (nSPS) is 13.0. The van der Waals surface area contributed by atoms with Crippen LogP contribution in [0.3, 0.4) is 0 Å². The fourth-order valence-corrected chi connectivity index (χ4v) is 1.10. The van der Waals surface area contributed by atoms with Crippen LogP contribution in [-0.2, 0) is 7.05 Å². The summed E-state index contributed by atoms with van der Waals surface area (Å²) in [5.74, 6) is 0.887. The largest absolute Gasteiger partial charge is 0.392 e. The standard InChI is InChI=1S/C8H15N3O/c1-7(12)6-10(2)8-4-5-11(3)9-8/h4-5,7,12H,6H2,1-3H3. The van der Waals surface area contributed by atoms with E-state index in [1.165, 1.54) is 0 Å². The second-order valence-electron chi connectivity index (χ2n) is 3.08. The van der Waals surface area contributed by atoms with Crippen molar-refractivity contribution >= 4 is 5.82 Å². The van der Waals surface area contributed by atoms with Gasteiger partial charge in [-0.05, 0) is 6.92 Å². The van der Waals surface area contributed by atoms with E-state index in [9.17, 15) is 0 Å². The molecular formula is C8H15N3O. The molecule has 0 aliphatic heterocycles. The van der Waals surface area contributed by atoms with Gasteiger partial charge >= 0.3 is 0 Å². The predicted octanol–water partition coefficient (Wildman–Crippen LogP) is 0.237. The van der Waals surface area contributed by atoms with Crippen molar-refractivity contribution in [2.24, 2.45) is 7.05 Å². The van der Waals surface area contributed by atoms with Crippen LogP contribution in [0.1, 0.15) is 6.92 Å². The van der Waals surface area contributed by atoms with Crippen molar-refractivity contribution in [2.45, 2.75) is 13.0 Å². The van der Waals surface area contributed by atoms with Crippen LogP contribution in [-0.4, -0.2) is 34.6 Å². The summed E-state index contributed by atoms with van der Waals surface area (Å²) in [5.41, 5.74) is 0. The maximum Gasteiger partial charge on any atom is 0.150 e. The summed E-state index contributed by atoms with van der Waals surface area (Å²) in [6.45, 7) is 2.37. The van der Waals surface area contributed by atoms with Gasteiger partial charge in [-0.3, -0.25) is 4.68 Å². The first kappa shape index (κ1) is 9.06. The summed E-state index contributed by atoms with van der Waals surface area (Å²) in [7, 11) is 3.79. The summed E-state index contributed by atoms with van der Waals surface area (Å²) in [6.07, 6.45) is 1.56. The van der Waals surface area contributed by atoms with Crippen LogP contribution in [0.5, 0.6) is 0 Å². The number of hydrogen-bond acceptors (Lipinski definition) is 3. The molecule has 0 aliphatic carbocycles. The van der Waals surface area contributed by atoms with E-state index in [1.54, 1.807) is 11.6 Å². The molecule has 4 heteroatoms. The minimum Gasteiger partial charge on any atom is -0.392 e. The van der Waals surface area contributed by atoms with E-state index in [0.717, 1.165) is 5.82 Å². The van der Waals surface area contributed by atoms with Crippen LogP contribution in [0.25, 0.3) is 0 Å². The van der Waals surface area contributed by atoms with Crippen molar-refractivity contribution in [3.63, 3.8) is 0 Å². The Labute approximate surface area is 72.4 Å². The molecule has 12 heavy (non-hydrogen) atoms. The zero-order valence-electron chi connectivity index (χ0n) is 7.73. The van der Waals surface area contributed by atoms with Crippen molar-refractivity contribution < 1.29 is 5.11 Å². The van der Waals surface area contributed by atoms with E-state index in [2.05, 4.69) is 5.10 Å². The van der Waals surface area contributed by atoms with Crippen molar-refractivity contribution in [1.82, 2.24) is 9.78 Å². The molecule has 0 amide bonds. The van der Waals surface area contributed by atoms with Gasteiger partial charge in [-0.2, -0.15) is 5.10 Å². The highest BCUT2D eigenvalue weighted by Crippen LogP contribution is 2.07. The molecule has 1 atom stereocenters. The van der Waals surface area contributed by atoms with Crippen LogP contribution in [0, 0.1) is 0 Å². The number of likely N-dealkylation sites (N-methyl/N-ethyl adjacent to an activating group) is 1. The molecular weight excluding hydrogens is 154 g/mol. The second-order valence-corrected chi connectivity index (χ2v) is 3.08. The fraction of sp³-hybridized carbons (Fsp3) is 0.625. The molecule has 0 radical (unpaired) electrons. The highest BCUT2D eigenvalue weighted by molar-refractivity contribution is 5.35. The molecule has 1 unspecified atom stereocenters. The Morgan fingerprint density at radius 2 is 2.42 bits per heavy atom. The molecule has 0 aromatic carbocycles. The third kappa shape index (κ3) is 2.23. The summed E-state index contributed by atoms with van der Waals surface area (Å²) >= 11 is 0. The second kappa shape index (κ2) is 3.58.